The Kier molecular flexibility index (Phi) is 4.32. The van der Waals surface area contributed by atoms with E-state index in [-0.39, 0.29) is 6.04 Å². The molecule has 6 nitrogen and oxygen atoms in total. The van der Waals surface area contributed by atoms with Crippen molar-refractivity contribution in [1.82, 2.24) is 24.6 Å². The van der Waals surface area contributed by atoms with Gasteiger partial charge >= 0.3 is 0 Å². The number of rotatable bonds is 5. The number of aromatic nitrogens is 4. The van der Waals surface area contributed by atoms with Crippen molar-refractivity contribution in [2.24, 2.45) is 7.05 Å². The molecule has 0 bridgehead atoms. The lowest BCUT2D eigenvalue weighted by atomic mass is 10.1. The van der Waals surface area contributed by atoms with Gasteiger partial charge in [-0.05, 0) is 38.9 Å². The van der Waals surface area contributed by atoms with Gasteiger partial charge < -0.3 is 10.2 Å². The number of nitrogens with zero attached hydrogens (tertiary/aromatic N) is 5. The first-order chi connectivity index (χ1) is 11.0. The zero-order valence-corrected chi connectivity index (χ0v) is 15.0. The normalized spacial score (nSPS) is 13.0. The molecule has 3 rings (SSSR count). The summed E-state index contributed by atoms with van der Waals surface area (Å²) < 4.78 is 1.84. The van der Waals surface area contributed by atoms with Crippen LogP contribution in [-0.2, 0) is 7.05 Å². The van der Waals surface area contributed by atoms with Gasteiger partial charge in [-0.1, -0.05) is 0 Å². The second-order valence-corrected chi connectivity index (χ2v) is 6.88. The molecule has 23 heavy (non-hydrogen) atoms. The average Bonchev–Trinajstić information content (AvgIpc) is 3.05. The number of likely N-dealkylation sites (N-methyl/N-ethyl adjacent to an activating group) is 1. The number of aryl methyl sites for hydroxylation is 3. The molecular formula is C16H22N6S. The van der Waals surface area contributed by atoms with Crippen molar-refractivity contribution in [3.05, 3.63) is 34.7 Å². The van der Waals surface area contributed by atoms with Crippen LogP contribution in [0.4, 0.5) is 5.82 Å². The van der Waals surface area contributed by atoms with E-state index in [9.17, 15) is 0 Å². The van der Waals surface area contributed by atoms with E-state index in [4.69, 9.17) is 0 Å². The fraction of sp³-hybridized carbons (Fsp3) is 0.438. The minimum absolute atomic E-state index is 0.230. The Balaban J connectivity index is 1.88. The zero-order valence-electron chi connectivity index (χ0n) is 14.2. The van der Waals surface area contributed by atoms with Crippen molar-refractivity contribution in [2.75, 3.05) is 26.0 Å². The summed E-state index contributed by atoms with van der Waals surface area (Å²) in [5.74, 6) is 1.71. The maximum atomic E-state index is 4.61. The molecule has 3 aromatic heterocycles. The van der Waals surface area contributed by atoms with Crippen LogP contribution in [0.1, 0.15) is 23.0 Å². The van der Waals surface area contributed by atoms with Crippen molar-refractivity contribution in [3.63, 3.8) is 0 Å². The largest absolute Gasteiger partial charge is 0.367 e. The second kappa shape index (κ2) is 6.25. The molecule has 122 valence electrons. The van der Waals surface area contributed by atoms with Crippen LogP contribution in [0.15, 0.2) is 17.8 Å². The lowest BCUT2D eigenvalue weighted by Crippen LogP contribution is -2.27. The number of hydrogen-bond acceptors (Lipinski definition) is 6. The topological polar surface area (TPSA) is 58.9 Å². The third-order valence-electron chi connectivity index (χ3n) is 3.93. The first kappa shape index (κ1) is 15.9. The minimum Gasteiger partial charge on any atom is -0.367 e. The highest BCUT2D eigenvalue weighted by atomic mass is 32.1. The summed E-state index contributed by atoms with van der Waals surface area (Å²) in [6, 6.07) is 0.230. The Morgan fingerprint density at radius 3 is 2.74 bits per heavy atom. The van der Waals surface area contributed by atoms with Crippen LogP contribution in [0.5, 0.6) is 0 Å². The van der Waals surface area contributed by atoms with E-state index in [0.717, 1.165) is 28.4 Å². The fourth-order valence-corrected chi connectivity index (χ4v) is 3.69. The molecule has 0 radical (unpaired) electrons. The van der Waals surface area contributed by atoms with E-state index in [2.05, 4.69) is 57.9 Å². The van der Waals surface area contributed by atoms with Gasteiger partial charge in [0.2, 0.25) is 0 Å². The highest BCUT2D eigenvalue weighted by Crippen LogP contribution is 2.30. The van der Waals surface area contributed by atoms with E-state index in [1.807, 2.05) is 24.9 Å². The van der Waals surface area contributed by atoms with Crippen LogP contribution >= 0.6 is 11.3 Å². The maximum absolute atomic E-state index is 4.61. The summed E-state index contributed by atoms with van der Waals surface area (Å²) in [6.45, 7) is 4.80. The summed E-state index contributed by atoms with van der Waals surface area (Å²) in [6.07, 6.45) is 3.98. The van der Waals surface area contributed by atoms with Gasteiger partial charge in [-0.2, -0.15) is 5.10 Å². The van der Waals surface area contributed by atoms with Crippen molar-refractivity contribution in [3.8, 4) is 0 Å². The molecule has 0 fully saturated rings. The van der Waals surface area contributed by atoms with E-state index >= 15 is 0 Å². The minimum atomic E-state index is 0.230. The smallest absolute Gasteiger partial charge is 0.138 e. The quantitative estimate of drug-likeness (QED) is 0.779. The van der Waals surface area contributed by atoms with Crippen molar-refractivity contribution >= 4 is 27.4 Å². The molecule has 1 N–H and O–H groups in total. The molecule has 0 unspecified atom stereocenters. The molecule has 3 heterocycles. The number of hydrogen-bond donors (Lipinski definition) is 1. The molecule has 0 spiro atoms. The number of thiophene rings is 1. The van der Waals surface area contributed by atoms with Gasteiger partial charge in [0.1, 0.15) is 16.5 Å². The van der Waals surface area contributed by atoms with Crippen molar-refractivity contribution in [2.45, 2.75) is 19.9 Å². The van der Waals surface area contributed by atoms with Gasteiger partial charge in [-0.25, -0.2) is 9.97 Å². The Hall–Kier alpha value is -1.99. The van der Waals surface area contributed by atoms with Crippen LogP contribution in [0.25, 0.3) is 10.2 Å². The molecule has 0 saturated carbocycles. The van der Waals surface area contributed by atoms with Gasteiger partial charge in [0.25, 0.3) is 0 Å². The zero-order chi connectivity index (χ0) is 16.6. The summed E-state index contributed by atoms with van der Waals surface area (Å²) >= 11 is 1.67. The van der Waals surface area contributed by atoms with Crippen LogP contribution in [0.3, 0.4) is 0 Å². The predicted octanol–water partition coefficient (Wildman–Crippen LogP) is 2.76. The van der Waals surface area contributed by atoms with Gasteiger partial charge in [0.15, 0.2) is 0 Å². The van der Waals surface area contributed by atoms with Crippen LogP contribution < -0.4 is 5.32 Å². The second-order valence-electron chi connectivity index (χ2n) is 6.03. The molecule has 0 aliphatic heterocycles. The molecule has 3 aromatic rings. The fourth-order valence-electron chi connectivity index (χ4n) is 2.72. The summed E-state index contributed by atoms with van der Waals surface area (Å²) in [5.41, 5.74) is 2.41. The highest BCUT2D eigenvalue weighted by molar-refractivity contribution is 7.17. The summed E-state index contributed by atoms with van der Waals surface area (Å²) in [7, 11) is 6.10. The first-order valence-electron chi connectivity index (χ1n) is 7.57. The average molecular weight is 330 g/mol. The van der Waals surface area contributed by atoms with Gasteiger partial charge in [-0.15, -0.1) is 11.3 Å². The van der Waals surface area contributed by atoms with Crippen LogP contribution in [0.2, 0.25) is 0 Å². The molecule has 0 saturated heterocycles. The highest BCUT2D eigenvalue weighted by Gasteiger charge is 2.17. The summed E-state index contributed by atoms with van der Waals surface area (Å²) in [4.78, 5) is 12.4. The number of fused-ring (bicyclic) bond motifs is 1. The molecule has 7 heteroatoms. The number of nitrogens with one attached hydrogen (secondary N) is 1. The third-order valence-corrected chi connectivity index (χ3v) is 4.92. The molecule has 0 aromatic carbocycles. The molecule has 0 amide bonds. The van der Waals surface area contributed by atoms with E-state index < -0.39 is 0 Å². The SMILES string of the molecule is Cc1nc(NC[C@@H](c2cnn(C)c2)N(C)C)c2c(C)csc2n1. The van der Waals surface area contributed by atoms with Gasteiger partial charge in [-0.3, -0.25) is 4.68 Å². The summed E-state index contributed by atoms with van der Waals surface area (Å²) in [5, 5.41) is 11.1. The number of anilines is 1. The van der Waals surface area contributed by atoms with Crippen LogP contribution in [-0.4, -0.2) is 45.3 Å². The third kappa shape index (κ3) is 3.20. The molecule has 1 atom stereocenters. The Bertz CT molecular complexity index is 819. The Morgan fingerprint density at radius 1 is 1.30 bits per heavy atom. The van der Waals surface area contributed by atoms with Crippen molar-refractivity contribution < 1.29 is 0 Å². The Labute approximate surface area is 140 Å². The van der Waals surface area contributed by atoms with Crippen molar-refractivity contribution in [1.29, 1.82) is 0 Å². The molecule has 0 aliphatic rings. The molecule has 0 aliphatic carbocycles. The van der Waals surface area contributed by atoms with Gasteiger partial charge in [0.05, 0.1) is 17.6 Å². The van der Waals surface area contributed by atoms with E-state index in [1.165, 1.54) is 11.1 Å². The Morgan fingerprint density at radius 2 is 2.09 bits per heavy atom. The predicted molar refractivity (Wildman–Crippen MR) is 95.0 cm³/mol. The van der Waals surface area contributed by atoms with E-state index in [1.54, 1.807) is 11.3 Å². The monoisotopic (exact) mass is 330 g/mol. The van der Waals surface area contributed by atoms with E-state index in [0.29, 0.717) is 0 Å². The van der Waals surface area contributed by atoms with Crippen LogP contribution in [0, 0.1) is 13.8 Å². The van der Waals surface area contributed by atoms with Gasteiger partial charge in [0, 0.05) is 25.4 Å². The maximum Gasteiger partial charge on any atom is 0.138 e. The molecular weight excluding hydrogens is 308 g/mol. The lowest BCUT2D eigenvalue weighted by Gasteiger charge is -2.24. The first-order valence-corrected chi connectivity index (χ1v) is 8.45. The standard InChI is InChI=1S/C16H22N6S/c1-10-9-23-16-14(10)15(19-11(2)20-16)17-7-13(21(3)4)12-6-18-22(5)8-12/h6,8-9,13H,7H2,1-5H3,(H,17,19,20)/t13-/m0/s1. The lowest BCUT2D eigenvalue weighted by molar-refractivity contribution is 0.311.